The highest BCUT2D eigenvalue weighted by molar-refractivity contribution is 5.74. The molecule has 4 rings (SSSR count). The molecule has 0 bridgehead atoms. The van der Waals surface area contributed by atoms with Crippen LogP contribution in [0.15, 0.2) is 61.2 Å². The van der Waals surface area contributed by atoms with Crippen molar-refractivity contribution in [1.82, 2.24) is 19.8 Å². The van der Waals surface area contributed by atoms with Crippen molar-refractivity contribution in [3.63, 3.8) is 0 Å². The van der Waals surface area contributed by atoms with Gasteiger partial charge in [-0.1, -0.05) is 30.3 Å². The first-order valence-corrected chi connectivity index (χ1v) is 10.0. The molecule has 6 nitrogen and oxygen atoms in total. The third kappa shape index (κ3) is 4.77. The second-order valence-corrected chi connectivity index (χ2v) is 7.25. The fourth-order valence-corrected chi connectivity index (χ4v) is 3.61. The average Bonchev–Trinajstić information content (AvgIpc) is 3.26. The summed E-state index contributed by atoms with van der Waals surface area (Å²) in [5, 5.41) is 3.04. The van der Waals surface area contributed by atoms with Gasteiger partial charge in [0.15, 0.2) is 0 Å². The monoisotopic (exact) mass is 390 g/mol. The first-order valence-electron chi connectivity index (χ1n) is 10.0. The lowest BCUT2D eigenvalue weighted by Crippen LogP contribution is -2.42. The summed E-state index contributed by atoms with van der Waals surface area (Å²) in [6, 6.07) is 14.5. The first-order chi connectivity index (χ1) is 14.2. The van der Waals surface area contributed by atoms with Crippen LogP contribution in [0.25, 0.3) is 0 Å². The molecule has 3 aromatic rings. The quantitative estimate of drug-likeness (QED) is 0.700. The summed E-state index contributed by atoms with van der Waals surface area (Å²) in [4.78, 5) is 18.6. The minimum absolute atomic E-state index is 0.0278. The van der Waals surface area contributed by atoms with E-state index in [-0.39, 0.29) is 6.03 Å². The van der Waals surface area contributed by atoms with Crippen molar-refractivity contribution < 1.29 is 9.53 Å². The van der Waals surface area contributed by atoms with Crippen LogP contribution in [0.2, 0.25) is 0 Å². The van der Waals surface area contributed by atoms with Gasteiger partial charge in [0.1, 0.15) is 5.75 Å². The normalized spacial score (nSPS) is 13.1. The fraction of sp³-hybridized carbons (Fsp3) is 0.304. The van der Waals surface area contributed by atoms with Gasteiger partial charge in [0.05, 0.1) is 12.9 Å². The Morgan fingerprint density at radius 2 is 1.97 bits per heavy atom. The van der Waals surface area contributed by atoms with Crippen LogP contribution in [0.5, 0.6) is 5.75 Å². The Kier molecular flexibility index (Phi) is 5.79. The topological polar surface area (TPSA) is 59.4 Å². The molecule has 2 heterocycles. The summed E-state index contributed by atoms with van der Waals surface area (Å²) in [6.45, 7) is 5.28. The highest BCUT2D eigenvalue weighted by Gasteiger charge is 2.20. The van der Waals surface area contributed by atoms with E-state index < -0.39 is 0 Å². The summed E-state index contributed by atoms with van der Waals surface area (Å²) in [6.07, 6.45) is 6.41. The molecule has 0 spiro atoms. The average molecular weight is 390 g/mol. The zero-order valence-corrected chi connectivity index (χ0v) is 16.7. The lowest BCUT2D eigenvalue weighted by Gasteiger charge is -2.29. The van der Waals surface area contributed by atoms with Crippen molar-refractivity contribution in [2.24, 2.45) is 0 Å². The zero-order valence-electron chi connectivity index (χ0n) is 16.7. The van der Waals surface area contributed by atoms with Crippen LogP contribution in [0.3, 0.4) is 0 Å². The highest BCUT2D eigenvalue weighted by Crippen LogP contribution is 2.24. The number of amides is 2. The molecule has 2 amide bonds. The number of benzene rings is 2. The Bertz CT molecular complexity index is 952. The van der Waals surface area contributed by atoms with Gasteiger partial charge in [-0.3, -0.25) is 0 Å². The van der Waals surface area contributed by atoms with Gasteiger partial charge in [-0.25, -0.2) is 9.78 Å². The van der Waals surface area contributed by atoms with Crippen molar-refractivity contribution in [2.75, 3.05) is 13.2 Å². The Morgan fingerprint density at radius 1 is 1.14 bits per heavy atom. The molecule has 1 aromatic heterocycles. The van der Waals surface area contributed by atoms with E-state index >= 15 is 0 Å². The van der Waals surface area contributed by atoms with Gasteiger partial charge in [0.25, 0.3) is 0 Å². The number of ether oxygens (including phenoxy) is 1. The number of carbonyl (C=O) groups excluding carboxylic acids is 1. The molecule has 0 unspecified atom stereocenters. The minimum Gasteiger partial charge on any atom is -0.494 e. The largest absolute Gasteiger partial charge is 0.494 e. The van der Waals surface area contributed by atoms with E-state index in [1.807, 2.05) is 35.0 Å². The molecule has 0 aliphatic carbocycles. The second kappa shape index (κ2) is 8.82. The fourth-order valence-electron chi connectivity index (χ4n) is 3.61. The van der Waals surface area contributed by atoms with Crippen LogP contribution in [0.1, 0.15) is 29.2 Å². The van der Waals surface area contributed by atoms with Crippen molar-refractivity contribution in [3.05, 3.63) is 83.4 Å². The summed E-state index contributed by atoms with van der Waals surface area (Å²) in [5.41, 5.74) is 4.76. The summed E-state index contributed by atoms with van der Waals surface area (Å²) < 4.78 is 7.62. The number of hydrogen-bond donors (Lipinski definition) is 1. The molecular formula is C23H26N4O2. The lowest BCUT2D eigenvalue weighted by molar-refractivity contribution is 0.191. The third-order valence-electron chi connectivity index (χ3n) is 5.18. The van der Waals surface area contributed by atoms with E-state index in [4.69, 9.17) is 4.74 Å². The molecule has 0 atom stereocenters. The van der Waals surface area contributed by atoms with Crippen LogP contribution < -0.4 is 10.1 Å². The van der Waals surface area contributed by atoms with Crippen LogP contribution in [-0.2, 0) is 26.1 Å². The predicted molar refractivity (Wildman–Crippen MR) is 112 cm³/mol. The number of aromatic nitrogens is 2. The maximum Gasteiger partial charge on any atom is 0.317 e. The van der Waals surface area contributed by atoms with E-state index in [2.05, 4.69) is 46.7 Å². The molecular weight excluding hydrogens is 364 g/mol. The maximum atomic E-state index is 12.6. The van der Waals surface area contributed by atoms with E-state index in [1.54, 1.807) is 6.20 Å². The smallest absolute Gasteiger partial charge is 0.317 e. The second-order valence-electron chi connectivity index (χ2n) is 7.25. The number of rotatable bonds is 6. The minimum atomic E-state index is -0.0278. The summed E-state index contributed by atoms with van der Waals surface area (Å²) in [7, 11) is 0. The van der Waals surface area contributed by atoms with E-state index in [0.29, 0.717) is 19.7 Å². The number of nitrogens with zero attached hydrogens (tertiary/aromatic N) is 3. The molecule has 1 aliphatic heterocycles. The summed E-state index contributed by atoms with van der Waals surface area (Å²) >= 11 is 0. The molecule has 1 N–H and O–H groups in total. The van der Waals surface area contributed by atoms with E-state index in [1.165, 1.54) is 16.7 Å². The molecule has 2 aromatic carbocycles. The summed E-state index contributed by atoms with van der Waals surface area (Å²) in [5.74, 6) is 0.865. The van der Waals surface area contributed by atoms with Gasteiger partial charge in [0.2, 0.25) is 0 Å². The number of hydrogen-bond acceptors (Lipinski definition) is 3. The van der Waals surface area contributed by atoms with E-state index in [9.17, 15) is 4.79 Å². The zero-order chi connectivity index (χ0) is 20.1. The number of imidazole rings is 1. The molecule has 29 heavy (non-hydrogen) atoms. The molecule has 0 saturated carbocycles. The number of nitrogens with one attached hydrogen (secondary N) is 1. The van der Waals surface area contributed by atoms with Crippen LogP contribution >= 0.6 is 0 Å². The maximum absolute atomic E-state index is 12.6. The van der Waals surface area contributed by atoms with Gasteiger partial charge in [-0.15, -0.1) is 0 Å². The van der Waals surface area contributed by atoms with Gasteiger partial charge in [-0.2, -0.15) is 0 Å². The van der Waals surface area contributed by atoms with Crippen LogP contribution in [-0.4, -0.2) is 33.6 Å². The number of carbonyl (C=O) groups is 1. The van der Waals surface area contributed by atoms with Crippen molar-refractivity contribution >= 4 is 6.03 Å². The molecule has 1 aliphatic rings. The van der Waals surface area contributed by atoms with Gasteiger partial charge in [-0.05, 0) is 47.7 Å². The van der Waals surface area contributed by atoms with Crippen molar-refractivity contribution in [1.29, 1.82) is 0 Å². The van der Waals surface area contributed by atoms with E-state index in [0.717, 1.165) is 30.8 Å². The standard InChI is InChI=1S/C23H26N4O2/c1-2-29-22-8-7-20-9-11-27(16-21(20)13-22)23(28)25-14-18-3-5-19(6-4-18)15-26-12-10-24-17-26/h3-8,10,12-13,17H,2,9,11,14-16H2,1H3,(H,25,28). The van der Waals surface area contributed by atoms with Gasteiger partial charge in [0, 0.05) is 38.6 Å². The Morgan fingerprint density at radius 3 is 2.72 bits per heavy atom. The third-order valence-corrected chi connectivity index (χ3v) is 5.18. The molecule has 0 fully saturated rings. The first kappa shape index (κ1) is 19.1. The van der Waals surface area contributed by atoms with Crippen molar-refractivity contribution in [2.45, 2.75) is 33.0 Å². The van der Waals surface area contributed by atoms with Crippen molar-refractivity contribution in [3.8, 4) is 5.75 Å². The molecule has 0 saturated heterocycles. The number of urea groups is 1. The molecule has 0 radical (unpaired) electrons. The predicted octanol–water partition coefficient (Wildman–Crippen LogP) is 3.60. The SMILES string of the molecule is CCOc1ccc2c(c1)CN(C(=O)NCc1ccc(Cn3ccnc3)cc1)CC2. The highest BCUT2D eigenvalue weighted by atomic mass is 16.5. The molecule has 150 valence electrons. The van der Waals surface area contributed by atoms with Gasteiger partial charge >= 0.3 is 6.03 Å². The number of fused-ring (bicyclic) bond motifs is 1. The Labute approximate surface area is 171 Å². The van der Waals surface area contributed by atoms with Crippen LogP contribution in [0, 0.1) is 0 Å². The van der Waals surface area contributed by atoms with Gasteiger partial charge < -0.3 is 19.5 Å². The lowest BCUT2D eigenvalue weighted by atomic mass is 10.00. The molecule has 6 heteroatoms. The Balaban J connectivity index is 1.31. The Hall–Kier alpha value is -3.28. The van der Waals surface area contributed by atoms with Crippen LogP contribution in [0.4, 0.5) is 4.79 Å².